The minimum absolute atomic E-state index is 0.0821. The zero-order valence-electron chi connectivity index (χ0n) is 11.0. The Bertz CT molecular complexity index is 447. The number of halogens is 1. The van der Waals surface area contributed by atoms with Gasteiger partial charge in [-0.15, -0.1) is 0 Å². The van der Waals surface area contributed by atoms with Gasteiger partial charge in [-0.25, -0.2) is 0 Å². The van der Waals surface area contributed by atoms with E-state index < -0.39 is 0 Å². The van der Waals surface area contributed by atoms with E-state index in [-0.39, 0.29) is 11.9 Å². The summed E-state index contributed by atoms with van der Waals surface area (Å²) in [7, 11) is 0. The van der Waals surface area contributed by atoms with E-state index in [0.717, 1.165) is 18.6 Å². The minimum atomic E-state index is -0.0821. The molecular weight excluding hydrogens is 280 g/mol. The van der Waals surface area contributed by atoms with Crippen LogP contribution in [0.5, 0.6) is 0 Å². The SMILES string of the molecule is CCSC1CCC(NC(=O)c2cc(N)cc(Cl)c2)C1. The van der Waals surface area contributed by atoms with E-state index >= 15 is 0 Å². The van der Waals surface area contributed by atoms with Crippen molar-refractivity contribution in [2.45, 2.75) is 37.5 Å². The van der Waals surface area contributed by atoms with Gasteiger partial charge in [-0.3, -0.25) is 4.79 Å². The number of hydrogen-bond donors (Lipinski definition) is 2. The average molecular weight is 299 g/mol. The number of amides is 1. The highest BCUT2D eigenvalue weighted by Gasteiger charge is 2.26. The van der Waals surface area contributed by atoms with Crippen molar-refractivity contribution < 1.29 is 4.79 Å². The van der Waals surface area contributed by atoms with Gasteiger partial charge < -0.3 is 11.1 Å². The molecular formula is C14H19ClN2OS. The molecule has 0 saturated heterocycles. The fourth-order valence-corrected chi connectivity index (χ4v) is 3.86. The van der Waals surface area contributed by atoms with E-state index in [9.17, 15) is 4.79 Å². The largest absolute Gasteiger partial charge is 0.399 e. The Morgan fingerprint density at radius 2 is 2.26 bits per heavy atom. The van der Waals surface area contributed by atoms with Crippen LogP contribution in [0.15, 0.2) is 18.2 Å². The molecule has 1 aromatic rings. The number of carbonyl (C=O) groups excluding carboxylic acids is 1. The van der Waals surface area contributed by atoms with Gasteiger partial charge in [-0.05, 0) is 43.2 Å². The molecule has 2 unspecified atom stereocenters. The lowest BCUT2D eigenvalue weighted by atomic mass is 10.1. The van der Waals surface area contributed by atoms with Gasteiger partial charge in [0, 0.05) is 27.6 Å². The smallest absolute Gasteiger partial charge is 0.251 e. The summed E-state index contributed by atoms with van der Waals surface area (Å²) in [4.78, 5) is 12.1. The van der Waals surface area contributed by atoms with Crippen LogP contribution >= 0.6 is 23.4 Å². The number of nitrogen functional groups attached to an aromatic ring is 1. The van der Waals surface area contributed by atoms with Crippen molar-refractivity contribution >= 4 is 35.0 Å². The minimum Gasteiger partial charge on any atom is -0.399 e. The summed E-state index contributed by atoms with van der Waals surface area (Å²) in [5.74, 6) is 1.05. The third-order valence-electron chi connectivity index (χ3n) is 3.30. The quantitative estimate of drug-likeness (QED) is 0.838. The van der Waals surface area contributed by atoms with E-state index in [2.05, 4.69) is 12.2 Å². The van der Waals surface area contributed by atoms with Crippen molar-refractivity contribution in [3.05, 3.63) is 28.8 Å². The van der Waals surface area contributed by atoms with Crippen molar-refractivity contribution in [3.63, 3.8) is 0 Å². The summed E-state index contributed by atoms with van der Waals surface area (Å²) in [5, 5.41) is 4.25. The van der Waals surface area contributed by atoms with Gasteiger partial charge in [-0.2, -0.15) is 11.8 Å². The highest BCUT2D eigenvalue weighted by Crippen LogP contribution is 2.30. The van der Waals surface area contributed by atoms with E-state index in [0.29, 0.717) is 21.5 Å². The monoisotopic (exact) mass is 298 g/mol. The Morgan fingerprint density at radius 3 is 2.95 bits per heavy atom. The highest BCUT2D eigenvalue weighted by atomic mass is 35.5. The second kappa shape index (κ2) is 6.53. The van der Waals surface area contributed by atoms with Gasteiger partial charge in [0.2, 0.25) is 0 Å². The number of carbonyl (C=O) groups is 1. The van der Waals surface area contributed by atoms with Crippen molar-refractivity contribution in [3.8, 4) is 0 Å². The maximum Gasteiger partial charge on any atom is 0.251 e. The number of nitrogens with two attached hydrogens (primary N) is 1. The van der Waals surface area contributed by atoms with Gasteiger partial charge in [0.15, 0.2) is 0 Å². The molecule has 3 N–H and O–H groups in total. The molecule has 0 spiro atoms. The summed E-state index contributed by atoms with van der Waals surface area (Å²) in [6, 6.07) is 5.23. The molecule has 5 heteroatoms. The van der Waals surface area contributed by atoms with Gasteiger partial charge >= 0.3 is 0 Å². The molecule has 2 atom stereocenters. The molecule has 19 heavy (non-hydrogen) atoms. The van der Waals surface area contributed by atoms with Crippen LogP contribution < -0.4 is 11.1 Å². The normalized spacial score (nSPS) is 22.4. The van der Waals surface area contributed by atoms with Crippen molar-refractivity contribution in [2.24, 2.45) is 0 Å². The lowest BCUT2D eigenvalue weighted by Crippen LogP contribution is -2.33. The molecule has 0 aliphatic heterocycles. The first-order chi connectivity index (χ1) is 9.08. The first-order valence-corrected chi connectivity index (χ1v) is 7.99. The van der Waals surface area contributed by atoms with Crippen LogP contribution in [0.4, 0.5) is 5.69 Å². The molecule has 0 heterocycles. The van der Waals surface area contributed by atoms with E-state index in [4.69, 9.17) is 17.3 Å². The molecule has 1 aromatic carbocycles. The Kier molecular flexibility index (Phi) is 4.99. The first-order valence-electron chi connectivity index (χ1n) is 6.57. The Balaban J connectivity index is 1.94. The van der Waals surface area contributed by atoms with Crippen LogP contribution in [-0.2, 0) is 0 Å². The molecule has 1 saturated carbocycles. The predicted octanol–water partition coefficient (Wildman–Crippen LogP) is 3.33. The standard InChI is InChI=1S/C14H19ClN2OS/c1-2-19-13-4-3-12(8-13)17-14(18)9-5-10(15)7-11(16)6-9/h5-7,12-13H,2-4,8,16H2,1H3,(H,17,18). The topological polar surface area (TPSA) is 55.1 Å². The maximum atomic E-state index is 12.1. The molecule has 104 valence electrons. The zero-order valence-corrected chi connectivity index (χ0v) is 12.6. The summed E-state index contributed by atoms with van der Waals surface area (Å²) >= 11 is 7.89. The number of thioether (sulfide) groups is 1. The summed E-state index contributed by atoms with van der Waals surface area (Å²) in [6.07, 6.45) is 3.29. The van der Waals surface area contributed by atoms with Gasteiger partial charge in [0.1, 0.15) is 0 Å². The van der Waals surface area contributed by atoms with Gasteiger partial charge in [0.25, 0.3) is 5.91 Å². The molecule has 3 nitrogen and oxygen atoms in total. The van der Waals surface area contributed by atoms with Gasteiger partial charge in [-0.1, -0.05) is 18.5 Å². The van der Waals surface area contributed by atoms with E-state index in [1.165, 1.54) is 6.42 Å². The van der Waals surface area contributed by atoms with Crippen LogP contribution in [-0.4, -0.2) is 23.0 Å². The first kappa shape index (κ1) is 14.5. The van der Waals surface area contributed by atoms with Crippen molar-refractivity contribution in [2.75, 3.05) is 11.5 Å². The molecule has 1 aliphatic carbocycles. The number of benzene rings is 1. The molecule has 0 aromatic heterocycles. The second-order valence-corrected chi connectivity index (χ2v) is 6.85. The summed E-state index contributed by atoms with van der Waals surface area (Å²) in [6.45, 7) is 2.17. The molecule has 1 aliphatic rings. The zero-order chi connectivity index (χ0) is 13.8. The Hall–Kier alpha value is -0.870. The van der Waals surface area contributed by atoms with E-state index in [1.54, 1.807) is 18.2 Å². The van der Waals surface area contributed by atoms with Crippen LogP contribution in [0.25, 0.3) is 0 Å². The number of rotatable bonds is 4. The second-order valence-electron chi connectivity index (χ2n) is 4.83. The highest BCUT2D eigenvalue weighted by molar-refractivity contribution is 7.99. The van der Waals surface area contributed by atoms with Crippen LogP contribution in [0.2, 0.25) is 5.02 Å². The number of nitrogens with one attached hydrogen (secondary N) is 1. The lowest BCUT2D eigenvalue weighted by molar-refractivity contribution is 0.0938. The van der Waals surface area contributed by atoms with Crippen molar-refractivity contribution in [1.82, 2.24) is 5.32 Å². The molecule has 1 fully saturated rings. The molecule has 0 radical (unpaired) electrons. The third kappa shape index (κ3) is 4.05. The maximum absolute atomic E-state index is 12.1. The number of anilines is 1. The van der Waals surface area contributed by atoms with Crippen molar-refractivity contribution in [1.29, 1.82) is 0 Å². The average Bonchev–Trinajstić information content (AvgIpc) is 2.76. The lowest BCUT2D eigenvalue weighted by Gasteiger charge is -2.13. The summed E-state index contributed by atoms with van der Waals surface area (Å²) in [5.41, 5.74) is 6.75. The van der Waals surface area contributed by atoms with Crippen LogP contribution in [0.1, 0.15) is 36.5 Å². The molecule has 2 rings (SSSR count). The fourth-order valence-electron chi connectivity index (χ4n) is 2.47. The summed E-state index contributed by atoms with van der Waals surface area (Å²) < 4.78 is 0. The predicted molar refractivity (Wildman–Crippen MR) is 82.9 cm³/mol. The fraction of sp³-hybridized carbons (Fsp3) is 0.500. The Morgan fingerprint density at radius 1 is 1.47 bits per heavy atom. The van der Waals surface area contributed by atoms with Crippen LogP contribution in [0.3, 0.4) is 0 Å². The van der Waals surface area contributed by atoms with Crippen LogP contribution in [0, 0.1) is 0 Å². The molecule has 0 bridgehead atoms. The number of hydrogen-bond acceptors (Lipinski definition) is 3. The van der Waals surface area contributed by atoms with E-state index in [1.807, 2.05) is 11.8 Å². The third-order valence-corrected chi connectivity index (χ3v) is 4.76. The molecule has 1 amide bonds. The van der Waals surface area contributed by atoms with Gasteiger partial charge in [0.05, 0.1) is 0 Å². The Labute approximate surface area is 123 Å².